The molecule has 5 nitrogen and oxygen atoms in total. The summed E-state index contributed by atoms with van der Waals surface area (Å²) in [5.41, 5.74) is 1.14. The number of hydrogen-bond acceptors (Lipinski definition) is 6. The molecular formula is C13H23N3O2S. The van der Waals surface area contributed by atoms with Crippen molar-refractivity contribution in [3.63, 3.8) is 0 Å². The average Bonchev–Trinajstić information content (AvgIpc) is 2.89. The first kappa shape index (κ1) is 14.9. The van der Waals surface area contributed by atoms with E-state index in [1.54, 1.807) is 18.4 Å². The molecular weight excluding hydrogens is 262 g/mol. The summed E-state index contributed by atoms with van der Waals surface area (Å²) in [6.07, 6.45) is 0.0835. The van der Waals surface area contributed by atoms with Crippen LogP contribution in [0, 0.1) is 0 Å². The largest absolute Gasteiger partial charge is 0.395 e. The molecule has 1 unspecified atom stereocenters. The number of aliphatic hydroxyl groups excluding tert-OH is 1. The van der Waals surface area contributed by atoms with Crippen LogP contribution in [0.2, 0.25) is 0 Å². The Morgan fingerprint density at radius 2 is 2.05 bits per heavy atom. The number of thiazole rings is 1. The molecule has 0 amide bonds. The molecule has 2 heterocycles. The van der Waals surface area contributed by atoms with Crippen molar-refractivity contribution in [1.29, 1.82) is 0 Å². The standard InChI is InChI=1S/C13H23N3O2S/c1-11(18-2)13-14-12(10-19-13)9-16-5-3-15(4-6-16)7-8-17/h10-11,17H,3-9H2,1-2H3. The van der Waals surface area contributed by atoms with E-state index < -0.39 is 0 Å². The highest BCUT2D eigenvalue weighted by Crippen LogP contribution is 2.21. The Bertz CT molecular complexity index is 378. The lowest BCUT2D eigenvalue weighted by atomic mass is 10.3. The molecule has 0 aliphatic carbocycles. The van der Waals surface area contributed by atoms with Gasteiger partial charge < -0.3 is 9.84 Å². The molecule has 0 saturated carbocycles. The molecule has 0 spiro atoms. The van der Waals surface area contributed by atoms with E-state index in [1.165, 1.54) is 0 Å². The Labute approximate surface area is 118 Å². The van der Waals surface area contributed by atoms with E-state index in [0.717, 1.165) is 50.0 Å². The molecule has 1 aliphatic rings. The predicted molar refractivity (Wildman–Crippen MR) is 76.3 cm³/mol. The van der Waals surface area contributed by atoms with Crippen LogP contribution in [-0.2, 0) is 11.3 Å². The molecule has 2 rings (SSSR count). The molecule has 1 aromatic heterocycles. The quantitative estimate of drug-likeness (QED) is 0.844. The number of β-amino-alcohol motifs (C(OH)–C–C–N with tert-alkyl or cyclic N) is 1. The zero-order valence-electron chi connectivity index (χ0n) is 11.7. The van der Waals surface area contributed by atoms with Crippen LogP contribution in [0.15, 0.2) is 5.38 Å². The second-order valence-electron chi connectivity index (χ2n) is 4.90. The topological polar surface area (TPSA) is 48.8 Å². The zero-order valence-corrected chi connectivity index (χ0v) is 12.5. The average molecular weight is 285 g/mol. The van der Waals surface area contributed by atoms with Gasteiger partial charge in [-0.25, -0.2) is 4.98 Å². The fraction of sp³-hybridized carbons (Fsp3) is 0.769. The smallest absolute Gasteiger partial charge is 0.122 e. The third-order valence-electron chi connectivity index (χ3n) is 3.54. The Morgan fingerprint density at radius 3 is 2.68 bits per heavy atom. The van der Waals surface area contributed by atoms with Gasteiger partial charge >= 0.3 is 0 Å². The van der Waals surface area contributed by atoms with Gasteiger partial charge in [0.05, 0.1) is 12.3 Å². The molecule has 0 radical (unpaired) electrons. The third kappa shape index (κ3) is 4.22. The van der Waals surface area contributed by atoms with Crippen molar-refractivity contribution < 1.29 is 9.84 Å². The summed E-state index contributed by atoms with van der Waals surface area (Å²) in [5.74, 6) is 0. The molecule has 1 N–H and O–H groups in total. The number of hydrogen-bond donors (Lipinski definition) is 1. The first-order valence-electron chi connectivity index (χ1n) is 6.75. The van der Waals surface area contributed by atoms with Crippen LogP contribution >= 0.6 is 11.3 Å². The summed E-state index contributed by atoms with van der Waals surface area (Å²) in [6.45, 7) is 8.15. The van der Waals surface area contributed by atoms with Crippen LogP contribution in [0.4, 0.5) is 0 Å². The summed E-state index contributed by atoms with van der Waals surface area (Å²) in [7, 11) is 1.71. The summed E-state index contributed by atoms with van der Waals surface area (Å²) in [4.78, 5) is 9.35. The van der Waals surface area contributed by atoms with Gasteiger partial charge in [0.1, 0.15) is 11.1 Å². The predicted octanol–water partition coefficient (Wildman–Crippen LogP) is 0.960. The van der Waals surface area contributed by atoms with Crippen LogP contribution < -0.4 is 0 Å². The molecule has 0 bridgehead atoms. The maximum atomic E-state index is 8.92. The highest BCUT2D eigenvalue weighted by atomic mass is 32.1. The highest BCUT2D eigenvalue weighted by Gasteiger charge is 2.18. The summed E-state index contributed by atoms with van der Waals surface area (Å²) >= 11 is 1.67. The van der Waals surface area contributed by atoms with Gasteiger partial charge in [0.25, 0.3) is 0 Å². The molecule has 108 valence electrons. The van der Waals surface area contributed by atoms with Gasteiger partial charge in [-0.05, 0) is 6.92 Å². The van der Waals surface area contributed by atoms with Crippen LogP contribution in [0.3, 0.4) is 0 Å². The van der Waals surface area contributed by atoms with Crippen molar-refractivity contribution in [1.82, 2.24) is 14.8 Å². The van der Waals surface area contributed by atoms with Crippen LogP contribution in [0.25, 0.3) is 0 Å². The highest BCUT2D eigenvalue weighted by molar-refractivity contribution is 7.09. The van der Waals surface area contributed by atoms with E-state index in [1.807, 2.05) is 6.92 Å². The number of ether oxygens (including phenoxy) is 1. The minimum atomic E-state index is 0.0835. The van der Waals surface area contributed by atoms with Gasteiger partial charge in [0.15, 0.2) is 0 Å². The van der Waals surface area contributed by atoms with E-state index >= 15 is 0 Å². The number of aliphatic hydroxyl groups is 1. The van der Waals surface area contributed by atoms with Crippen molar-refractivity contribution in [3.05, 3.63) is 16.1 Å². The minimum absolute atomic E-state index is 0.0835. The molecule has 1 atom stereocenters. The maximum absolute atomic E-state index is 8.92. The molecule has 1 saturated heterocycles. The summed E-state index contributed by atoms with van der Waals surface area (Å²) in [5, 5.41) is 12.1. The Kier molecular flexibility index (Phi) is 5.72. The van der Waals surface area contributed by atoms with Gasteiger partial charge in [-0.1, -0.05) is 0 Å². The number of rotatable bonds is 6. The molecule has 1 aromatic rings. The first-order chi connectivity index (χ1) is 9.22. The Hall–Kier alpha value is -0.530. The van der Waals surface area contributed by atoms with E-state index in [-0.39, 0.29) is 12.7 Å². The molecule has 0 aromatic carbocycles. The fourth-order valence-corrected chi connectivity index (χ4v) is 3.07. The van der Waals surface area contributed by atoms with Gasteiger partial charge in [-0.3, -0.25) is 9.80 Å². The fourth-order valence-electron chi connectivity index (χ4n) is 2.22. The second-order valence-corrected chi connectivity index (χ2v) is 5.79. The van der Waals surface area contributed by atoms with E-state index in [9.17, 15) is 0 Å². The van der Waals surface area contributed by atoms with E-state index in [2.05, 4.69) is 20.2 Å². The molecule has 19 heavy (non-hydrogen) atoms. The first-order valence-corrected chi connectivity index (χ1v) is 7.63. The lowest BCUT2D eigenvalue weighted by Gasteiger charge is -2.33. The second kappa shape index (κ2) is 7.31. The monoisotopic (exact) mass is 285 g/mol. The number of piperazine rings is 1. The van der Waals surface area contributed by atoms with Crippen molar-refractivity contribution in [2.45, 2.75) is 19.6 Å². The van der Waals surface area contributed by atoms with E-state index in [0.29, 0.717) is 0 Å². The minimum Gasteiger partial charge on any atom is -0.395 e. The Morgan fingerprint density at radius 1 is 1.37 bits per heavy atom. The van der Waals surface area contributed by atoms with Crippen molar-refractivity contribution in [2.75, 3.05) is 46.4 Å². The van der Waals surface area contributed by atoms with Crippen molar-refractivity contribution in [3.8, 4) is 0 Å². The zero-order chi connectivity index (χ0) is 13.7. The Balaban J connectivity index is 1.80. The summed E-state index contributed by atoms with van der Waals surface area (Å²) in [6, 6.07) is 0. The van der Waals surface area contributed by atoms with Gasteiger partial charge in [-0.15, -0.1) is 11.3 Å². The maximum Gasteiger partial charge on any atom is 0.122 e. The van der Waals surface area contributed by atoms with Gasteiger partial charge in [0.2, 0.25) is 0 Å². The van der Waals surface area contributed by atoms with Crippen molar-refractivity contribution >= 4 is 11.3 Å². The van der Waals surface area contributed by atoms with Crippen LogP contribution in [-0.4, -0.2) is 66.3 Å². The molecule has 1 aliphatic heterocycles. The summed E-state index contributed by atoms with van der Waals surface area (Å²) < 4.78 is 5.28. The number of nitrogens with zero attached hydrogens (tertiary/aromatic N) is 3. The molecule has 1 fully saturated rings. The van der Waals surface area contributed by atoms with Crippen LogP contribution in [0.1, 0.15) is 23.7 Å². The normalized spacial score (nSPS) is 19.7. The van der Waals surface area contributed by atoms with Crippen LogP contribution in [0.5, 0.6) is 0 Å². The number of aromatic nitrogens is 1. The lowest BCUT2D eigenvalue weighted by molar-refractivity contribution is 0.107. The number of methoxy groups -OCH3 is 1. The SMILES string of the molecule is COC(C)c1nc(CN2CCN(CCO)CC2)cs1. The van der Waals surface area contributed by atoms with Gasteiger partial charge in [-0.2, -0.15) is 0 Å². The lowest BCUT2D eigenvalue weighted by Crippen LogP contribution is -2.46. The van der Waals surface area contributed by atoms with E-state index in [4.69, 9.17) is 9.84 Å². The van der Waals surface area contributed by atoms with Crippen molar-refractivity contribution in [2.24, 2.45) is 0 Å². The third-order valence-corrected chi connectivity index (χ3v) is 4.59. The molecule has 6 heteroatoms. The van der Waals surface area contributed by atoms with Gasteiger partial charge in [0, 0.05) is 51.8 Å².